The van der Waals surface area contributed by atoms with Crippen molar-refractivity contribution in [3.63, 3.8) is 0 Å². The van der Waals surface area contributed by atoms with Crippen LogP contribution < -0.4 is 14.8 Å². The molecule has 8 heteroatoms. The third-order valence-corrected chi connectivity index (χ3v) is 6.82. The van der Waals surface area contributed by atoms with Gasteiger partial charge in [-0.05, 0) is 61.7 Å². The first-order chi connectivity index (χ1) is 14.3. The summed E-state index contributed by atoms with van der Waals surface area (Å²) in [5.74, 6) is 0.293. The van der Waals surface area contributed by atoms with E-state index in [1.807, 2.05) is 0 Å². The lowest BCUT2D eigenvalue weighted by Gasteiger charge is -2.24. The van der Waals surface area contributed by atoms with Gasteiger partial charge in [-0.25, -0.2) is 13.1 Å². The van der Waals surface area contributed by atoms with E-state index in [1.165, 1.54) is 18.6 Å². The summed E-state index contributed by atoms with van der Waals surface area (Å²) in [7, 11) is -3.67. The second-order valence-corrected chi connectivity index (χ2v) is 9.73. The smallest absolute Gasteiger partial charge is 0.260 e. The van der Waals surface area contributed by atoms with Crippen LogP contribution in [0.1, 0.15) is 44.6 Å². The van der Waals surface area contributed by atoms with E-state index >= 15 is 0 Å². The molecule has 2 N–H and O–H groups in total. The van der Waals surface area contributed by atoms with Crippen LogP contribution in [0.3, 0.4) is 0 Å². The SMILES string of the molecule is C[C@@H](Oc1ccc(S(=O)(=O)NCc2ccc(Cl)cc2)cc1)C(=O)NC1CCCCC1. The Hall–Kier alpha value is -2.09. The summed E-state index contributed by atoms with van der Waals surface area (Å²) in [6.07, 6.45) is 4.87. The Labute approximate surface area is 183 Å². The maximum absolute atomic E-state index is 12.5. The fourth-order valence-corrected chi connectivity index (χ4v) is 4.53. The molecule has 1 aliphatic carbocycles. The molecule has 1 aliphatic rings. The van der Waals surface area contributed by atoms with E-state index in [0.717, 1.165) is 31.2 Å². The molecule has 3 rings (SSSR count). The minimum atomic E-state index is -3.67. The maximum Gasteiger partial charge on any atom is 0.260 e. The van der Waals surface area contributed by atoms with Crippen LogP contribution in [0.15, 0.2) is 53.4 Å². The zero-order valence-electron chi connectivity index (χ0n) is 16.9. The maximum atomic E-state index is 12.5. The summed E-state index contributed by atoms with van der Waals surface area (Å²) < 4.78 is 33.2. The highest BCUT2D eigenvalue weighted by Crippen LogP contribution is 2.20. The number of ether oxygens (including phenoxy) is 1. The lowest BCUT2D eigenvalue weighted by atomic mass is 9.95. The minimum absolute atomic E-state index is 0.128. The molecule has 0 heterocycles. The Kier molecular flexibility index (Phi) is 7.75. The summed E-state index contributed by atoms with van der Waals surface area (Å²) >= 11 is 5.84. The molecule has 2 aromatic carbocycles. The summed E-state index contributed by atoms with van der Waals surface area (Å²) in [6.45, 7) is 1.85. The van der Waals surface area contributed by atoms with Gasteiger partial charge in [0.15, 0.2) is 6.10 Å². The average molecular weight is 451 g/mol. The summed E-state index contributed by atoms with van der Waals surface area (Å²) in [6, 6.07) is 13.2. The van der Waals surface area contributed by atoms with Gasteiger partial charge in [-0.2, -0.15) is 0 Å². The number of carbonyl (C=O) groups is 1. The Morgan fingerprint density at radius 3 is 2.33 bits per heavy atom. The van der Waals surface area contributed by atoms with Crippen molar-refractivity contribution in [2.75, 3.05) is 0 Å². The number of rotatable bonds is 8. The predicted molar refractivity (Wildman–Crippen MR) is 117 cm³/mol. The predicted octanol–water partition coefficient (Wildman–Crippen LogP) is 4.03. The Morgan fingerprint density at radius 1 is 1.07 bits per heavy atom. The molecule has 0 aromatic heterocycles. The molecule has 30 heavy (non-hydrogen) atoms. The Bertz CT molecular complexity index is 940. The molecule has 0 unspecified atom stereocenters. The summed E-state index contributed by atoms with van der Waals surface area (Å²) in [5, 5.41) is 3.63. The monoisotopic (exact) mass is 450 g/mol. The molecular weight excluding hydrogens is 424 g/mol. The molecule has 0 saturated heterocycles. The third-order valence-electron chi connectivity index (χ3n) is 5.15. The van der Waals surface area contributed by atoms with Crippen LogP contribution in [0.25, 0.3) is 0 Å². The van der Waals surface area contributed by atoms with Crippen molar-refractivity contribution in [1.82, 2.24) is 10.0 Å². The fraction of sp³-hybridized carbons (Fsp3) is 0.409. The highest BCUT2D eigenvalue weighted by molar-refractivity contribution is 7.89. The average Bonchev–Trinajstić information content (AvgIpc) is 2.74. The van der Waals surface area contributed by atoms with Gasteiger partial charge in [-0.3, -0.25) is 4.79 Å². The van der Waals surface area contributed by atoms with Gasteiger partial charge in [-0.1, -0.05) is 43.0 Å². The van der Waals surface area contributed by atoms with Gasteiger partial charge >= 0.3 is 0 Å². The van der Waals surface area contributed by atoms with E-state index in [1.54, 1.807) is 43.3 Å². The van der Waals surface area contributed by atoms with E-state index in [4.69, 9.17) is 16.3 Å². The molecular formula is C22H27ClN2O4S. The molecule has 2 aromatic rings. The van der Waals surface area contributed by atoms with Crippen molar-refractivity contribution >= 4 is 27.5 Å². The zero-order valence-corrected chi connectivity index (χ0v) is 18.5. The largest absolute Gasteiger partial charge is 0.481 e. The fourth-order valence-electron chi connectivity index (χ4n) is 3.38. The first-order valence-electron chi connectivity index (χ1n) is 10.1. The first kappa shape index (κ1) is 22.6. The molecule has 1 amide bonds. The lowest BCUT2D eigenvalue weighted by Crippen LogP contribution is -2.43. The van der Waals surface area contributed by atoms with E-state index in [0.29, 0.717) is 10.8 Å². The molecule has 6 nitrogen and oxygen atoms in total. The van der Waals surface area contributed by atoms with Crippen molar-refractivity contribution in [1.29, 1.82) is 0 Å². The van der Waals surface area contributed by atoms with Crippen LogP contribution >= 0.6 is 11.6 Å². The summed E-state index contributed by atoms with van der Waals surface area (Å²) in [5.41, 5.74) is 0.806. The lowest BCUT2D eigenvalue weighted by molar-refractivity contribution is -0.128. The quantitative estimate of drug-likeness (QED) is 0.635. The highest BCUT2D eigenvalue weighted by atomic mass is 35.5. The van der Waals surface area contributed by atoms with Gasteiger partial charge in [0, 0.05) is 17.6 Å². The van der Waals surface area contributed by atoms with Crippen molar-refractivity contribution in [2.45, 2.75) is 62.6 Å². The number of halogens is 1. The number of sulfonamides is 1. The molecule has 1 fully saturated rings. The molecule has 0 bridgehead atoms. The minimum Gasteiger partial charge on any atom is -0.481 e. The van der Waals surface area contributed by atoms with Crippen molar-refractivity contribution in [3.05, 3.63) is 59.1 Å². The van der Waals surface area contributed by atoms with Gasteiger partial charge < -0.3 is 10.1 Å². The van der Waals surface area contributed by atoms with Gasteiger partial charge in [0.1, 0.15) is 5.75 Å². The second kappa shape index (κ2) is 10.3. The number of nitrogens with one attached hydrogen (secondary N) is 2. The van der Waals surface area contributed by atoms with Gasteiger partial charge in [0.05, 0.1) is 4.90 Å². The standard InChI is InChI=1S/C22H27ClN2O4S/c1-16(22(26)25-19-5-3-2-4-6-19)29-20-11-13-21(14-12-20)30(27,28)24-15-17-7-9-18(23)10-8-17/h7-14,16,19,24H,2-6,15H2,1H3,(H,25,26)/t16-/m1/s1. The van der Waals surface area contributed by atoms with Crippen molar-refractivity contribution in [2.24, 2.45) is 0 Å². The number of carbonyl (C=O) groups excluding carboxylic acids is 1. The van der Waals surface area contributed by atoms with Crippen LogP contribution in [0.2, 0.25) is 5.02 Å². The van der Waals surface area contributed by atoms with E-state index in [2.05, 4.69) is 10.0 Å². The third kappa shape index (κ3) is 6.45. The van der Waals surface area contributed by atoms with Crippen LogP contribution in [0, 0.1) is 0 Å². The summed E-state index contributed by atoms with van der Waals surface area (Å²) in [4.78, 5) is 12.5. The molecule has 0 aliphatic heterocycles. The van der Waals surface area contributed by atoms with Crippen LogP contribution in [0.4, 0.5) is 0 Å². The molecule has 1 saturated carbocycles. The second-order valence-electron chi connectivity index (χ2n) is 7.53. The first-order valence-corrected chi connectivity index (χ1v) is 12.0. The molecule has 162 valence electrons. The molecule has 1 atom stereocenters. The van der Waals surface area contributed by atoms with Gasteiger partial charge in [0.2, 0.25) is 10.0 Å². The van der Waals surface area contributed by atoms with E-state index in [9.17, 15) is 13.2 Å². The Balaban J connectivity index is 1.54. The zero-order chi connectivity index (χ0) is 21.6. The van der Waals surface area contributed by atoms with Crippen molar-refractivity contribution < 1.29 is 17.9 Å². The van der Waals surface area contributed by atoms with Crippen LogP contribution in [-0.2, 0) is 21.4 Å². The topological polar surface area (TPSA) is 84.5 Å². The Morgan fingerprint density at radius 2 is 1.70 bits per heavy atom. The van der Waals surface area contributed by atoms with Crippen LogP contribution in [-0.4, -0.2) is 26.5 Å². The van der Waals surface area contributed by atoms with Gasteiger partial charge in [-0.15, -0.1) is 0 Å². The number of hydrogen-bond acceptors (Lipinski definition) is 4. The van der Waals surface area contributed by atoms with Crippen LogP contribution in [0.5, 0.6) is 5.75 Å². The number of benzene rings is 2. The molecule has 0 spiro atoms. The highest BCUT2D eigenvalue weighted by Gasteiger charge is 2.21. The number of hydrogen-bond donors (Lipinski definition) is 2. The van der Waals surface area contributed by atoms with E-state index in [-0.39, 0.29) is 23.4 Å². The number of amides is 1. The normalized spacial score (nSPS) is 16.1. The van der Waals surface area contributed by atoms with Crippen molar-refractivity contribution in [3.8, 4) is 5.75 Å². The van der Waals surface area contributed by atoms with E-state index < -0.39 is 16.1 Å². The molecule has 0 radical (unpaired) electrons. The van der Waals surface area contributed by atoms with Gasteiger partial charge in [0.25, 0.3) is 5.91 Å².